The van der Waals surface area contributed by atoms with Crippen LogP contribution in [0.2, 0.25) is 0 Å². The molecule has 0 bridgehead atoms. The molecule has 58 valence electrons. The Balaban J connectivity index is 2.07. The average molecular weight is 146 g/mol. The molecule has 1 rings (SSSR count). The quantitative estimate of drug-likeness (QED) is 0.507. The molecule has 1 fully saturated rings. The first kappa shape index (κ1) is 7.50. The van der Waals surface area contributed by atoms with Crippen LogP contribution in [0.1, 0.15) is 0 Å². The van der Waals surface area contributed by atoms with E-state index in [1.54, 1.807) is 0 Å². The van der Waals surface area contributed by atoms with Gasteiger partial charge in [-0.1, -0.05) is 0 Å². The Morgan fingerprint density at radius 2 is 2.50 bits per heavy atom. The summed E-state index contributed by atoms with van der Waals surface area (Å²) in [5.74, 6) is 0. The summed E-state index contributed by atoms with van der Waals surface area (Å²) in [4.78, 5) is 9.73. The van der Waals surface area contributed by atoms with Crippen LogP contribution in [-0.4, -0.2) is 39.0 Å². The summed E-state index contributed by atoms with van der Waals surface area (Å²) in [6.45, 7) is 2.46. The highest BCUT2D eigenvalue weighted by Gasteiger charge is 2.13. The van der Waals surface area contributed by atoms with Crippen LogP contribution in [0.4, 0.5) is 0 Å². The Labute approximate surface area is 59.1 Å². The zero-order chi connectivity index (χ0) is 7.23. The lowest BCUT2D eigenvalue weighted by molar-refractivity contribution is -0.142. The van der Waals surface area contributed by atoms with Crippen LogP contribution >= 0.6 is 0 Å². The van der Waals surface area contributed by atoms with Gasteiger partial charge in [-0.25, -0.2) is 0 Å². The highest BCUT2D eigenvalue weighted by atomic mass is 16.6. The van der Waals surface area contributed by atoms with Gasteiger partial charge in [-0.05, 0) is 0 Å². The van der Waals surface area contributed by atoms with E-state index in [0.29, 0.717) is 32.9 Å². The van der Waals surface area contributed by atoms with Gasteiger partial charge in [0.05, 0.1) is 19.8 Å². The van der Waals surface area contributed by atoms with Crippen LogP contribution in [-0.2, 0) is 19.0 Å². The zero-order valence-electron chi connectivity index (χ0n) is 5.62. The maximum Gasteiger partial charge on any atom is 0.293 e. The highest BCUT2D eigenvalue weighted by molar-refractivity contribution is 5.36. The van der Waals surface area contributed by atoms with Gasteiger partial charge in [0.25, 0.3) is 6.47 Å². The predicted molar refractivity (Wildman–Crippen MR) is 32.6 cm³/mol. The summed E-state index contributed by atoms with van der Waals surface area (Å²) in [6, 6.07) is 0. The molecule has 1 heterocycles. The van der Waals surface area contributed by atoms with E-state index in [1.165, 1.54) is 0 Å². The Kier molecular flexibility index (Phi) is 3.18. The van der Waals surface area contributed by atoms with E-state index in [-0.39, 0.29) is 6.10 Å². The van der Waals surface area contributed by atoms with Crippen molar-refractivity contribution < 1.29 is 19.0 Å². The van der Waals surface area contributed by atoms with E-state index in [9.17, 15) is 4.79 Å². The number of carbonyl (C=O) groups is 1. The molecule has 0 N–H and O–H groups in total. The van der Waals surface area contributed by atoms with Crippen molar-refractivity contribution in [3.63, 3.8) is 0 Å². The molecule has 0 saturated carbocycles. The molecular weight excluding hydrogens is 136 g/mol. The van der Waals surface area contributed by atoms with E-state index < -0.39 is 0 Å². The van der Waals surface area contributed by atoms with Gasteiger partial charge in [0.15, 0.2) is 0 Å². The van der Waals surface area contributed by atoms with Gasteiger partial charge in [-0.3, -0.25) is 4.79 Å². The maximum absolute atomic E-state index is 9.73. The molecular formula is C6H10O4. The van der Waals surface area contributed by atoms with Gasteiger partial charge < -0.3 is 14.2 Å². The molecule has 1 unspecified atom stereocenters. The van der Waals surface area contributed by atoms with Crippen LogP contribution in [0, 0.1) is 0 Å². The number of carbonyl (C=O) groups excluding carboxylic acids is 1. The smallest absolute Gasteiger partial charge is 0.293 e. The molecule has 0 aromatic rings. The molecule has 1 aliphatic rings. The minimum atomic E-state index is -0.0704. The van der Waals surface area contributed by atoms with E-state index >= 15 is 0 Å². The van der Waals surface area contributed by atoms with Crippen molar-refractivity contribution in [2.75, 3.05) is 26.4 Å². The van der Waals surface area contributed by atoms with Gasteiger partial charge in [-0.15, -0.1) is 0 Å². The van der Waals surface area contributed by atoms with E-state index in [1.807, 2.05) is 0 Å². The van der Waals surface area contributed by atoms with Crippen molar-refractivity contribution in [3.8, 4) is 0 Å². The summed E-state index contributed by atoms with van der Waals surface area (Å²) >= 11 is 0. The van der Waals surface area contributed by atoms with E-state index in [2.05, 4.69) is 4.74 Å². The van der Waals surface area contributed by atoms with E-state index in [4.69, 9.17) is 9.47 Å². The summed E-state index contributed by atoms with van der Waals surface area (Å²) in [6.07, 6.45) is -0.0704. The monoisotopic (exact) mass is 146 g/mol. The van der Waals surface area contributed by atoms with Crippen LogP contribution < -0.4 is 0 Å². The first-order valence-corrected chi connectivity index (χ1v) is 3.18. The number of rotatable bonds is 3. The standard InChI is InChI=1S/C6H10O4/c7-5-9-4-6-3-8-1-2-10-6/h5-6H,1-4H2. The Hall–Kier alpha value is -0.610. The van der Waals surface area contributed by atoms with Gasteiger partial charge in [-0.2, -0.15) is 0 Å². The molecule has 0 amide bonds. The SMILES string of the molecule is O=COCC1COCCO1. The Morgan fingerprint density at radius 3 is 3.10 bits per heavy atom. The largest absolute Gasteiger partial charge is 0.465 e. The van der Waals surface area contributed by atoms with Gasteiger partial charge in [0.2, 0.25) is 0 Å². The Bertz CT molecular complexity index is 97.9. The van der Waals surface area contributed by atoms with Crippen LogP contribution in [0.5, 0.6) is 0 Å². The second-order valence-corrected chi connectivity index (χ2v) is 2.00. The molecule has 0 radical (unpaired) electrons. The summed E-state index contributed by atoms with van der Waals surface area (Å²) < 4.78 is 14.7. The topological polar surface area (TPSA) is 44.8 Å². The molecule has 0 aromatic carbocycles. The van der Waals surface area contributed by atoms with Crippen LogP contribution in [0.15, 0.2) is 0 Å². The van der Waals surface area contributed by atoms with Crippen molar-refractivity contribution in [2.45, 2.75) is 6.10 Å². The molecule has 0 aromatic heterocycles. The Morgan fingerprint density at radius 1 is 1.60 bits per heavy atom. The average Bonchev–Trinajstić information content (AvgIpc) is 2.03. The number of ether oxygens (including phenoxy) is 3. The molecule has 1 saturated heterocycles. The third-order valence-electron chi connectivity index (χ3n) is 1.24. The van der Waals surface area contributed by atoms with E-state index in [0.717, 1.165) is 0 Å². The molecule has 0 aliphatic carbocycles. The van der Waals surface area contributed by atoms with Crippen molar-refractivity contribution in [3.05, 3.63) is 0 Å². The second-order valence-electron chi connectivity index (χ2n) is 2.00. The first-order chi connectivity index (χ1) is 4.93. The lowest BCUT2D eigenvalue weighted by Crippen LogP contribution is -2.32. The molecule has 4 heteroatoms. The van der Waals surface area contributed by atoms with Gasteiger partial charge >= 0.3 is 0 Å². The maximum atomic E-state index is 9.73. The molecule has 1 aliphatic heterocycles. The molecule has 10 heavy (non-hydrogen) atoms. The van der Waals surface area contributed by atoms with Crippen molar-refractivity contribution in [2.24, 2.45) is 0 Å². The van der Waals surface area contributed by atoms with Gasteiger partial charge in [0, 0.05) is 0 Å². The first-order valence-electron chi connectivity index (χ1n) is 3.18. The third-order valence-corrected chi connectivity index (χ3v) is 1.24. The predicted octanol–water partition coefficient (Wildman–Crippen LogP) is -0.425. The fourth-order valence-electron chi connectivity index (χ4n) is 0.779. The summed E-state index contributed by atoms with van der Waals surface area (Å²) in [5, 5.41) is 0. The second kappa shape index (κ2) is 4.24. The fraction of sp³-hybridized carbons (Fsp3) is 0.833. The molecule has 1 atom stereocenters. The lowest BCUT2D eigenvalue weighted by Gasteiger charge is -2.21. The number of hydrogen-bond donors (Lipinski definition) is 0. The zero-order valence-corrected chi connectivity index (χ0v) is 5.62. The normalized spacial score (nSPS) is 25.8. The summed E-state index contributed by atoms with van der Waals surface area (Å²) in [5.41, 5.74) is 0. The molecule has 4 nitrogen and oxygen atoms in total. The minimum Gasteiger partial charge on any atom is -0.465 e. The van der Waals surface area contributed by atoms with Crippen molar-refractivity contribution in [1.82, 2.24) is 0 Å². The highest BCUT2D eigenvalue weighted by Crippen LogP contribution is 1.99. The third kappa shape index (κ3) is 2.33. The van der Waals surface area contributed by atoms with Crippen LogP contribution in [0.3, 0.4) is 0 Å². The molecule has 0 spiro atoms. The van der Waals surface area contributed by atoms with Crippen molar-refractivity contribution >= 4 is 6.47 Å². The fourth-order valence-corrected chi connectivity index (χ4v) is 0.779. The minimum absolute atomic E-state index is 0.0704. The lowest BCUT2D eigenvalue weighted by atomic mass is 10.4. The number of hydrogen-bond acceptors (Lipinski definition) is 4. The van der Waals surface area contributed by atoms with Crippen LogP contribution in [0.25, 0.3) is 0 Å². The van der Waals surface area contributed by atoms with Crippen molar-refractivity contribution in [1.29, 1.82) is 0 Å². The summed E-state index contributed by atoms with van der Waals surface area (Å²) in [7, 11) is 0. The van der Waals surface area contributed by atoms with Gasteiger partial charge in [0.1, 0.15) is 12.7 Å².